The van der Waals surface area contributed by atoms with Crippen LogP contribution in [-0.2, 0) is 11.0 Å². The van der Waals surface area contributed by atoms with Crippen molar-refractivity contribution in [2.24, 2.45) is 5.41 Å². The van der Waals surface area contributed by atoms with Gasteiger partial charge < -0.3 is 19.4 Å². The second-order valence-electron chi connectivity index (χ2n) is 10.0. The molecule has 2 amide bonds. The zero-order valence-electron chi connectivity index (χ0n) is 20.8. The molecule has 0 N–H and O–H groups in total. The second kappa shape index (κ2) is 11.3. The minimum atomic E-state index is -4.47. The van der Waals surface area contributed by atoms with Crippen molar-refractivity contribution in [2.75, 3.05) is 52.9 Å². The molecule has 200 valence electrons. The van der Waals surface area contributed by atoms with Gasteiger partial charge in [0.2, 0.25) is 5.91 Å². The number of halogens is 4. The lowest BCUT2D eigenvalue weighted by atomic mass is 9.77. The quantitative estimate of drug-likeness (QED) is 0.530. The van der Waals surface area contributed by atoms with Crippen molar-refractivity contribution in [1.82, 2.24) is 14.7 Å². The Balaban J connectivity index is 1.52. The number of likely N-dealkylation sites (tertiary alicyclic amines) is 1. The van der Waals surface area contributed by atoms with Gasteiger partial charge in [0.15, 0.2) is 0 Å². The molecule has 0 spiro atoms. The second-order valence-corrected chi connectivity index (χ2v) is 10.4. The fourth-order valence-electron chi connectivity index (χ4n) is 4.93. The number of hydrogen-bond donors (Lipinski definition) is 0. The third kappa shape index (κ3) is 6.96. The van der Waals surface area contributed by atoms with Gasteiger partial charge in [-0.2, -0.15) is 13.2 Å². The number of amides is 2. The highest BCUT2D eigenvalue weighted by molar-refractivity contribution is 6.30. The lowest BCUT2D eigenvalue weighted by Gasteiger charge is -2.43. The van der Waals surface area contributed by atoms with Crippen molar-refractivity contribution < 1.29 is 27.5 Å². The van der Waals surface area contributed by atoms with Crippen molar-refractivity contribution in [2.45, 2.75) is 25.4 Å². The van der Waals surface area contributed by atoms with E-state index in [1.807, 2.05) is 11.9 Å². The molecule has 2 saturated heterocycles. The number of ether oxygens (including phenoxy) is 1. The van der Waals surface area contributed by atoms with E-state index in [0.29, 0.717) is 43.2 Å². The van der Waals surface area contributed by atoms with Gasteiger partial charge in [-0.3, -0.25) is 9.59 Å². The van der Waals surface area contributed by atoms with Crippen LogP contribution in [0.4, 0.5) is 13.2 Å². The minimum Gasteiger partial charge on any atom is -0.493 e. The number of piperidine rings is 1. The molecule has 0 saturated carbocycles. The summed E-state index contributed by atoms with van der Waals surface area (Å²) in [4.78, 5) is 32.3. The van der Waals surface area contributed by atoms with E-state index < -0.39 is 17.2 Å². The Kier molecular flexibility index (Phi) is 8.33. The number of alkyl halides is 3. The Hall–Kier alpha value is -2.78. The number of hydrogen-bond acceptors (Lipinski definition) is 4. The lowest BCUT2D eigenvalue weighted by molar-refractivity contribution is -0.138. The summed E-state index contributed by atoms with van der Waals surface area (Å²) in [7, 11) is 2.02. The third-order valence-corrected chi connectivity index (χ3v) is 7.40. The van der Waals surface area contributed by atoms with Crippen LogP contribution in [0, 0.1) is 5.41 Å². The molecule has 2 aliphatic rings. The molecule has 1 atom stereocenters. The van der Waals surface area contributed by atoms with Gasteiger partial charge in [0.25, 0.3) is 5.91 Å². The number of carbonyl (C=O) groups is 2. The molecule has 2 aliphatic heterocycles. The Morgan fingerprint density at radius 1 is 0.946 bits per heavy atom. The van der Waals surface area contributed by atoms with E-state index in [1.165, 1.54) is 12.1 Å². The van der Waals surface area contributed by atoms with Crippen LogP contribution in [0.1, 0.15) is 35.2 Å². The van der Waals surface area contributed by atoms with Crippen molar-refractivity contribution in [3.63, 3.8) is 0 Å². The van der Waals surface area contributed by atoms with E-state index in [9.17, 15) is 22.8 Å². The maximum absolute atomic E-state index is 13.3. The first-order valence-electron chi connectivity index (χ1n) is 12.4. The molecular weight excluding hydrogens is 507 g/mol. The Bertz CT molecular complexity index is 1090. The van der Waals surface area contributed by atoms with Crippen LogP contribution in [0.2, 0.25) is 5.02 Å². The minimum absolute atomic E-state index is 0.0247. The van der Waals surface area contributed by atoms with E-state index in [-0.39, 0.29) is 37.0 Å². The topological polar surface area (TPSA) is 53.1 Å². The first-order valence-corrected chi connectivity index (χ1v) is 12.7. The normalized spacial score (nSPS) is 21.1. The highest BCUT2D eigenvalue weighted by Gasteiger charge is 2.41. The monoisotopic (exact) mass is 537 g/mol. The number of benzene rings is 2. The molecule has 2 heterocycles. The van der Waals surface area contributed by atoms with E-state index in [2.05, 4.69) is 4.90 Å². The fraction of sp³-hybridized carbons (Fsp3) is 0.481. The first kappa shape index (κ1) is 27.3. The Labute approximate surface area is 219 Å². The van der Waals surface area contributed by atoms with Crippen LogP contribution in [0.5, 0.6) is 5.75 Å². The van der Waals surface area contributed by atoms with Gasteiger partial charge >= 0.3 is 6.18 Å². The van der Waals surface area contributed by atoms with Gasteiger partial charge in [-0.15, -0.1) is 0 Å². The molecular formula is C27H31ClF3N3O3. The van der Waals surface area contributed by atoms with Gasteiger partial charge in [0.05, 0.1) is 12.2 Å². The standard InChI is InChI=1S/C27H31ClF3N3O3/c1-32-13-15-33(16-14-32)24(35)17-26(19-37-23-9-7-22(28)8-10-23)11-2-12-34(18-26)25(36)20-3-5-21(6-4-20)27(29,30)31/h3-10H,2,11-19H2,1H3/t26-/m1/s1. The van der Waals surface area contributed by atoms with Gasteiger partial charge in [-0.05, 0) is 68.4 Å². The van der Waals surface area contributed by atoms with Gasteiger partial charge in [-0.1, -0.05) is 11.6 Å². The van der Waals surface area contributed by atoms with E-state index in [4.69, 9.17) is 16.3 Å². The van der Waals surface area contributed by atoms with Crippen molar-refractivity contribution in [3.8, 4) is 5.75 Å². The zero-order valence-corrected chi connectivity index (χ0v) is 21.5. The van der Waals surface area contributed by atoms with E-state index >= 15 is 0 Å². The van der Waals surface area contributed by atoms with Gasteiger partial charge in [-0.25, -0.2) is 0 Å². The van der Waals surface area contributed by atoms with Crippen LogP contribution in [-0.4, -0.2) is 79.4 Å². The summed E-state index contributed by atoms with van der Waals surface area (Å²) in [5, 5.41) is 0.582. The van der Waals surface area contributed by atoms with Crippen LogP contribution in [0.3, 0.4) is 0 Å². The summed E-state index contributed by atoms with van der Waals surface area (Å²) in [6, 6.07) is 11.2. The molecule has 2 fully saturated rings. The highest BCUT2D eigenvalue weighted by atomic mass is 35.5. The largest absolute Gasteiger partial charge is 0.493 e. The number of nitrogens with zero attached hydrogens (tertiary/aromatic N) is 3. The van der Waals surface area contributed by atoms with E-state index in [1.54, 1.807) is 29.2 Å². The zero-order chi connectivity index (χ0) is 26.6. The third-order valence-electron chi connectivity index (χ3n) is 7.15. The average molecular weight is 538 g/mol. The average Bonchev–Trinajstić information content (AvgIpc) is 2.88. The first-order chi connectivity index (χ1) is 17.5. The molecule has 6 nitrogen and oxygen atoms in total. The van der Waals surface area contributed by atoms with Crippen molar-refractivity contribution in [3.05, 3.63) is 64.7 Å². The molecule has 0 bridgehead atoms. The molecule has 2 aromatic rings. The van der Waals surface area contributed by atoms with Crippen LogP contribution in [0.25, 0.3) is 0 Å². The molecule has 0 radical (unpaired) electrons. The van der Waals surface area contributed by atoms with Gasteiger partial charge in [0.1, 0.15) is 5.75 Å². The maximum atomic E-state index is 13.3. The highest BCUT2D eigenvalue weighted by Crippen LogP contribution is 2.36. The smallest absolute Gasteiger partial charge is 0.416 e. The van der Waals surface area contributed by atoms with Crippen molar-refractivity contribution in [1.29, 1.82) is 0 Å². The lowest BCUT2D eigenvalue weighted by Crippen LogP contribution is -2.53. The summed E-state index contributed by atoms with van der Waals surface area (Å²) in [5.74, 6) is 0.287. The molecule has 0 unspecified atom stereocenters. The molecule has 0 aromatic heterocycles. The molecule has 37 heavy (non-hydrogen) atoms. The fourth-order valence-corrected chi connectivity index (χ4v) is 5.06. The number of likely N-dealkylation sites (N-methyl/N-ethyl adjacent to an activating group) is 1. The Morgan fingerprint density at radius 2 is 1.59 bits per heavy atom. The van der Waals surface area contributed by atoms with Gasteiger partial charge in [0, 0.05) is 61.7 Å². The van der Waals surface area contributed by atoms with Crippen LogP contribution >= 0.6 is 11.6 Å². The molecule has 10 heteroatoms. The summed E-state index contributed by atoms with van der Waals surface area (Å²) < 4.78 is 45.0. The summed E-state index contributed by atoms with van der Waals surface area (Å²) in [5.41, 5.74) is -1.24. The molecule has 4 rings (SSSR count). The summed E-state index contributed by atoms with van der Waals surface area (Å²) in [6.07, 6.45) is -2.89. The predicted octanol–water partition coefficient (Wildman–Crippen LogP) is 4.82. The predicted molar refractivity (Wildman–Crippen MR) is 135 cm³/mol. The summed E-state index contributed by atoms with van der Waals surface area (Å²) in [6.45, 7) is 3.88. The van der Waals surface area contributed by atoms with Crippen LogP contribution in [0.15, 0.2) is 48.5 Å². The molecule has 2 aromatic carbocycles. The Morgan fingerprint density at radius 3 is 2.22 bits per heavy atom. The van der Waals surface area contributed by atoms with Crippen LogP contribution < -0.4 is 4.74 Å². The number of piperazine rings is 1. The number of rotatable bonds is 6. The van der Waals surface area contributed by atoms with Crippen molar-refractivity contribution >= 4 is 23.4 Å². The summed E-state index contributed by atoms with van der Waals surface area (Å²) >= 11 is 5.98. The molecule has 0 aliphatic carbocycles. The van der Waals surface area contributed by atoms with E-state index in [0.717, 1.165) is 25.2 Å². The number of carbonyl (C=O) groups excluding carboxylic acids is 2. The SMILES string of the molecule is CN1CCN(C(=O)C[C@]2(COc3ccc(Cl)cc3)CCCN(C(=O)c3ccc(C(F)(F)F)cc3)C2)CC1. The maximum Gasteiger partial charge on any atom is 0.416 e.